The predicted molar refractivity (Wildman–Crippen MR) is 279 cm³/mol. The molecule has 0 N–H and O–H groups in total. The molecule has 0 radical (unpaired) electrons. The smallest absolute Gasteiger partial charge is 0.164 e. The maximum atomic E-state index is 13.9. The van der Waals surface area contributed by atoms with Crippen molar-refractivity contribution in [1.29, 1.82) is 0 Å². The van der Waals surface area contributed by atoms with Crippen LogP contribution in [0.5, 0.6) is 0 Å². The van der Waals surface area contributed by atoms with Crippen molar-refractivity contribution in [2.75, 3.05) is 13.3 Å². The van der Waals surface area contributed by atoms with Gasteiger partial charge in [0.15, 0.2) is 17.5 Å². The van der Waals surface area contributed by atoms with Crippen molar-refractivity contribution in [1.82, 2.24) is 15.0 Å². The molecule has 1 heterocycles. The van der Waals surface area contributed by atoms with E-state index >= 15 is 0 Å². The van der Waals surface area contributed by atoms with Gasteiger partial charge in [-0.25, -0.2) is 15.0 Å². The summed E-state index contributed by atoms with van der Waals surface area (Å²) in [5.74, 6) is 3.26. The second-order valence-electron chi connectivity index (χ2n) is 19.0. The Labute approximate surface area is 392 Å². The van der Waals surface area contributed by atoms with Crippen LogP contribution >= 0.6 is 7.14 Å². The van der Waals surface area contributed by atoms with E-state index in [4.69, 9.17) is 15.0 Å². The van der Waals surface area contributed by atoms with Crippen molar-refractivity contribution in [3.8, 4) is 67.5 Å². The minimum atomic E-state index is -2.58. The van der Waals surface area contributed by atoms with Crippen molar-refractivity contribution in [3.05, 3.63) is 217 Å². The zero-order valence-corrected chi connectivity index (χ0v) is 38.7. The second-order valence-corrected chi connectivity index (χ2v) is 22.2. The van der Waals surface area contributed by atoms with Gasteiger partial charge in [0.05, 0.1) is 0 Å². The Morgan fingerprint density at radius 1 is 0.418 bits per heavy atom. The lowest BCUT2D eigenvalue weighted by atomic mass is 9.64. The maximum absolute atomic E-state index is 13.9. The summed E-state index contributed by atoms with van der Waals surface area (Å²) >= 11 is 0. The average Bonchev–Trinajstić information content (AvgIpc) is 4.01. The minimum absolute atomic E-state index is 0.0780. The van der Waals surface area contributed by atoms with Crippen molar-refractivity contribution in [2.45, 2.75) is 31.1 Å². The summed E-state index contributed by atoms with van der Waals surface area (Å²) in [7, 11) is -2.58. The number of nitrogens with zero attached hydrogens (tertiary/aromatic N) is 3. The molecule has 12 rings (SSSR count). The number of hydrogen-bond donors (Lipinski definition) is 0. The molecular weight excluding hydrogens is 834 g/mol. The number of hydrogen-bond acceptors (Lipinski definition) is 4. The van der Waals surface area contributed by atoms with Gasteiger partial charge in [0.1, 0.15) is 7.14 Å². The molecule has 5 heteroatoms. The van der Waals surface area contributed by atoms with E-state index < -0.39 is 7.14 Å². The number of rotatable bonds is 9. The quantitative estimate of drug-likeness (QED) is 0.107. The maximum Gasteiger partial charge on any atom is 0.164 e. The number of fused-ring (bicyclic) bond motifs is 4. The normalized spacial score (nSPS) is 17.9. The number of benzene rings is 9. The van der Waals surface area contributed by atoms with Crippen LogP contribution in [0.15, 0.2) is 206 Å². The zero-order valence-electron chi connectivity index (χ0n) is 37.8. The van der Waals surface area contributed by atoms with Crippen LogP contribution in [0, 0.1) is 11.8 Å². The van der Waals surface area contributed by atoms with Crippen LogP contribution in [-0.2, 0) is 9.98 Å². The van der Waals surface area contributed by atoms with E-state index in [1.54, 1.807) is 0 Å². The molecule has 3 atom stereocenters. The molecular formula is C62H50N3OP. The summed E-state index contributed by atoms with van der Waals surface area (Å²) in [5.41, 5.74) is 12.6. The molecule has 2 saturated carbocycles. The summed E-state index contributed by atoms with van der Waals surface area (Å²) in [6.45, 7) is 3.79. The second kappa shape index (κ2) is 16.6. The standard InChI is InChI=1S/C62H50N3OP/c1-67(2,66)58-55-23-13-11-21-53(55)57(54-22-12-14-24-56(54)58)44-30-35-48(36-31-44)62(40-41-25-34-50(62)39-41)49-37-32-47(33-38-49)61-64-59(45-17-7-4-8-18-45)63-60(65-61)46-28-26-43(27-29-46)52-20-10-9-19-51(52)42-15-5-3-6-16-42/h3-24,26-33,35-38,41,50H,25,34,39-40H2,1-2H3. The molecule has 2 bridgehead atoms. The lowest BCUT2D eigenvalue weighted by molar-refractivity contribution is 0.320. The van der Waals surface area contributed by atoms with E-state index in [9.17, 15) is 4.57 Å². The highest BCUT2D eigenvalue weighted by Gasteiger charge is 2.52. The largest absolute Gasteiger partial charge is 0.319 e. The lowest BCUT2D eigenvalue weighted by Crippen LogP contribution is -2.34. The van der Waals surface area contributed by atoms with Crippen LogP contribution in [-0.4, -0.2) is 28.3 Å². The third-order valence-corrected chi connectivity index (χ3v) is 16.3. The van der Waals surface area contributed by atoms with Gasteiger partial charge in [0, 0.05) is 27.4 Å². The molecule has 324 valence electrons. The van der Waals surface area contributed by atoms with Crippen molar-refractivity contribution < 1.29 is 4.57 Å². The molecule has 0 aliphatic heterocycles. The van der Waals surface area contributed by atoms with Gasteiger partial charge in [-0.2, -0.15) is 0 Å². The molecule has 4 nitrogen and oxygen atoms in total. The molecule has 10 aromatic rings. The van der Waals surface area contributed by atoms with E-state index in [0.717, 1.165) is 61.4 Å². The molecule has 3 unspecified atom stereocenters. The van der Waals surface area contributed by atoms with Gasteiger partial charge in [0.25, 0.3) is 0 Å². The topological polar surface area (TPSA) is 55.7 Å². The first-order valence-electron chi connectivity index (χ1n) is 23.6. The number of aromatic nitrogens is 3. The van der Waals surface area contributed by atoms with Gasteiger partial charge < -0.3 is 4.57 Å². The molecule has 2 aliphatic carbocycles. The van der Waals surface area contributed by atoms with Gasteiger partial charge in [0.2, 0.25) is 0 Å². The fraction of sp³-hybridized carbons (Fsp3) is 0.145. The van der Waals surface area contributed by atoms with Crippen LogP contribution in [0.25, 0.3) is 89.1 Å². The van der Waals surface area contributed by atoms with Crippen molar-refractivity contribution >= 4 is 34.0 Å². The molecule has 2 fully saturated rings. The molecule has 67 heavy (non-hydrogen) atoms. The molecule has 9 aromatic carbocycles. The van der Waals surface area contributed by atoms with E-state index in [0.29, 0.717) is 23.4 Å². The molecule has 1 aromatic heterocycles. The average molecular weight is 884 g/mol. The highest BCUT2D eigenvalue weighted by atomic mass is 31.2. The van der Waals surface area contributed by atoms with Gasteiger partial charge in [-0.1, -0.05) is 213 Å². The fourth-order valence-electron chi connectivity index (χ4n) is 11.8. The van der Waals surface area contributed by atoms with E-state index in [1.165, 1.54) is 58.2 Å². The van der Waals surface area contributed by atoms with Gasteiger partial charge >= 0.3 is 0 Å². The van der Waals surface area contributed by atoms with Gasteiger partial charge in [-0.3, -0.25) is 0 Å². The highest BCUT2D eigenvalue weighted by Crippen LogP contribution is 2.60. The minimum Gasteiger partial charge on any atom is -0.319 e. The lowest BCUT2D eigenvalue weighted by Gasteiger charge is -2.39. The third kappa shape index (κ3) is 7.23. The van der Waals surface area contributed by atoms with Crippen molar-refractivity contribution in [2.24, 2.45) is 11.8 Å². The zero-order chi connectivity index (χ0) is 45.1. The molecule has 0 amide bonds. The van der Waals surface area contributed by atoms with E-state index in [2.05, 4.69) is 188 Å². The Balaban J connectivity index is 0.913. The summed E-state index contributed by atoms with van der Waals surface area (Å²) in [6, 6.07) is 73.7. The Bertz CT molecular complexity index is 3450. The Hall–Kier alpha value is -7.26. The molecule has 2 aliphatic rings. The third-order valence-electron chi connectivity index (χ3n) is 14.8. The first kappa shape index (κ1) is 41.2. The van der Waals surface area contributed by atoms with Crippen LogP contribution in [0.2, 0.25) is 0 Å². The van der Waals surface area contributed by atoms with Gasteiger partial charge in [-0.15, -0.1) is 0 Å². The highest BCUT2D eigenvalue weighted by molar-refractivity contribution is 7.71. The van der Waals surface area contributed by atoms with Crippen LogP contribution in [0.4, 0.5) is 0 Å². The Morgan fingerprint density at radius 2 is 0.806 bits per heavy atom. The van der Waals surface area contributed by atoms with Crippen molar-refractivity contribution in [3.63, 3.8) is 0 Å². The molecule has 0 spiro atoms. The first-order valence-corrected chi connectivity index (χ1v) is 26.2. The van der Waals surface area contributed by atoms with E-state index in [-0.39, 0.29) is 5.41 Å². The first-order chi connectivity index (χ1) is 32.8. The van der Waals surface area contributed by atoms with Gasteiger partial charge in [-0.05, 0) is 110 Å². The predicted octanol–water partition coefficient (Wildman–Crippen LogP) is 15.5. The van der Waals surface area contributed by atoms with Crippen LogP contribution in [0.1, 0.15) is 36.8 Å². The summed E-state index contributed by atoms with van der Waals surface area (Å²) in [6.07, 6.45) is 4.97. The monoisotopic (exact) mass is 883 g/mol. The van der Waals surface area contributed by atoms with E-state index in [1.807, 2.05) is 31.5 Å². The SMILES string of the molecule is CP(C)(=O)c1c2ccccc2c(-c2ccc(C3(c4ccc(-c5nc(-c6ccccc6)nc(-c6ccc(-c7ccccc7-c7ccccc7)cc6)n5)cc4)CC4CCC3C4)cc2)c2ccccc12. The summed E-state index contributed by atoms with van der Waals surface area (Å²) < 4.78 is 13.9. The fourth-order valence-corrected chi connectivity index (χ4v) is 13.4. The van der Waals surface area contributed by atoms with Crippen LogP contribution in [0.3, 0.4) is 0 Å². The molecule has 0 saturated heterocycles. The Kier molecular flexibility index (Phi) is 10.2. The summed E-state index contributed by atoms with van der Waals surface area (Å²) in [4.78, 5) is 15.4. The summed E-state index contributed by atoms with van der Waals surface area (Å²) in [5, 5.41) is 5.44. The Morgan fingerprint density at radius 3 is 1.27 bits per heavy atom. The van der Waals surface area contributed by atoms with Crippen LogP contribution < -0.4 is 5.30 Å².